The molecule has 0 aliphatic carbocycles. The predicted octanol–water partition coefficient (Wildman–Crippen LogP) is 4.19. The second-order valence-corrected chi connectivity index (χ2v) is 10.6. The summed E-state index contributed by atoms with van der Waals surface area (Å²) in [6.45, 7) is 3.45. The molecule has 0 saturated heterocycles. The van der Waals surface area contributed by atoms with Crippen molar-refractivity contribution in [3.8, 4) is 11.3 Å². The van der Waals surface area contributed by atoms with Crippen LogP contribution in [0.1, 0.15) is 29.1 Å². The van der Waals surface area contributed by atoms with Crippen molar-refractivity contribution in [3.05, 3.63) is 79.3 Å². The molecule has 182 valence electrons. The Bertz CT molecular complexity index is 1410. The van der Waals surface area contributed by atoms with Crippen molar-refractivity contribution in [1.82, 2.24) is 24.3 Å². The fourth-order valence-electron chi connectivity index (χ4n) is 3.26. The Balaban J connectivity index is 1.74. The van der Waals surface area contributed by atoms with Crippen LogP contribution in [0.3, 0.4) is 0 Å². The number of pyridine rings is 1. The summed E-state index contributed by atoms with van der Waals surface area (Å²) in [7, 11) is 0. The number of carbonyl (C=O) groups is 1. The highest BCUT2D eigenvalue weighted by atomic mass is 35.5. The molecule has 0 aliphatic rings. The van der Waals surface area contributed by atoms with Crippen molar-refractivity contribution >= 4 is 46.3 Å². The number of aliphatic hydroxyl groups is 1. The molecule has 2 N–H and O–H groups in total. The Morgan fingerprint density at radius 2 is 1.91 bits per heavy atom. The number of thiophene rings is 1. The second-order valence-electron chi connectivity index (χ2n) is 8.44. The van der Waals surface area contributed by atoms with Gasteiger partial charge in [-0.1, -0.05) is 23.2 Å². The number of nitrogens with one attached hydrogen (secondary N) is 1. The Morgan fingerprint density at radius 1 is 1.17 bits per heavy atom. The van der Waals surface area contributed by atoms with E-state index in [1.165, 1.54) is 26.9 Å². The molecular weight excluding hydrogens is 511 g/mol. The number of nitrogens with zero attached hydrogens (tertiary/aromatic N) is 5. The zero-order valence-corrected chi connectivity index (χ0v) is 21.2. The summed E-state index contributed by atoms with van der Waals surface area (Å²) in [5, 5.41) is 17.6. The van der Waals surface area contributed by atoms with E-state index in [0.29, 0.717) is 28.0 Å². The van der Waals surface area contributed by atoms with Gasteiger partial charge in [0.1, 0.15) is 23.0 Å². The molecule has 4 aromatic rings. The molecular formula is C23H22Cl2N6O3S. The van der Waals surface area contributed by atoms with Gasteiger partial charge in [0.2, 0.25) is 0 Å². The number of hydrogen-bond donors (Lipinski definition) is 2. The highest BCUT2D eigenvalue weighted by Gasteiger charge is 2.31. The summed E-state index contributed by atoms with van der Waals surface area (Å²) in [4.78, 5) is 35.4. The van der Waals surface area contributed by atoms with Crippen LogP contribution in [0.4, 0.5) is 5.82 Å². The molecule has 0 spiro atoms. The molecule has 4 rings (SSSR count). The molecule has 0 unspecified atom stereocenters. The highest BCUT2D eigenvalue weighted by Crippen LogP contribution is 2.27. The second kappa shape index (κ2) is 10.3. The largest absolute Gasteiger partial charge is 0.395 e. The van der Waals surface area contributed by atoms with Gasteiger partial charge in [0.15, 0.2) is 0 Å². The van der Waals surface area contributed by atoms with Crippen molar-refractivity contribution in [2.45, 2.75) is 26.9 Å². The third-order valence-electron chi connectivity index (χ3n) is 5.30. The van der Waals surface area contributed by atoms with Crippen molar-refractivity contribution in [3.63, 3.8) is 0 Å². The third kappa shape index (κ3) is 5.46. The van der Waals surface area contributed by atoms with Gasteiger partial charge >= 0.3 is 0 Å². The van der Waals surface area contributed by atoms with Crippen LogP contribution < -0.4 is 10.9 Å². The molecule has 0 saturated carbocycles. The first-order chi connectivity index (χ1) is 16.7. The fourth-order valence-corrected chi connectivity index (χ4v) is 4.49. The van der Waals surface area contributed by atoms with Crippen LogP contribution in [0.2, 0.25) is 9.49 Å². The molecule has 35 heavy (non-hydrogen) atoms. The molecule has 9 nitrogen and oxygen atoms in total. The van der Waals surface area contributed by atoms with E-state index >= 15 is 0 Å². The molecule has 0 aliphatic heterocycles. The molecule has 0 atom stereocenters. The lowest BCUT2D eigenvalue weighted by Crippen LogP contribution is -2.34. The zero-order valence-electron chi connectivity index (χ0n) is 18.9. The average Bonchev–Trinajstić information content (AvgIpc) is 3.46. The van der Waals surface area contributed by atoms with E-state index < -0.39 is 11.3 Å². The van der Waals surface area contributed by atoms with Crippen LogP contribution in [-0.2, 0) is 13.1 Å². The van der Waals surface area contributed by atoms with E-state index in [2.05, 4.69) is 20.4 Å². The zero-order chi connectivity index (χ0) is 25.2. The molecule has 0 aromatic carbocycles. The molecule has 4 heterocycles. The Kier molecular flexibility index (Phi) is 7.36. The van der Waals surface area contributed by atoms with E-state index in [-0.39, 0.29) is 29.4 Å². The normalized spacial score (nSPS) is 11.6. The lowest BCUT2D eigenvalue weighted by atomic mass is 9.94. The lowest BCUT2D eigenvalue weighted by Gasteiger charge is -2.20. The standard InChI is InChI=1S/C23H22Cl2N6O3S/c1-23(2,12-32)22(34)31-20(28-10-15-3-6-19(25)35-15)7-17(29-31)16-4-5-18(24)30(21(16)33)11-14-8-26-13-27-9-14/h3-9,13,28,32H,10-12H2,1-2H3. The number of carbonyl (C=O) groups excluding carboxylic acids is 1. The number of anilines is 1. The van der Waals surface area contributed by atoms with Gasteiger partial charge in [0.25, 0.3) is 11.5 Å². The van der Waals surface area contributed by atoms with Crippen LogP contribution in [0.5, 0.6) is 0 Å². The van der Waals surface area contributed by atoms with Gasteiger partial charge in [0.05, 0.1) is 35.0 Å². The van der Waals surface area contributed by atoms with Crippen LogP contribution in [-0.4, -0.2) is 41.9 Å². The maximum atomic E-state index is 13.4. The van der Waals surface area contributed by atoms with Gasteiger partial charge in [-0.25, -0.2) is 9.97 Å². The Labute approximate surface area is 215 Å². The van der Waals surface area contributed by atoms with Crippen LogP contribution >= 0.6 is 34.5 Å². The summed E-state index contributed by atoms with van der Waals surface area (Å²) in [6.07, 6.45) is 4.61. The molecule has 0 amide bonds. The lowest BCUT2D eigenvalue weighted by molar-refractivity contribution is 0.0616. The molecule has 0 bridgehead atoms. The monoisotopic (exact) mass is 532 g/mol. The summed E-state index contributed by atoms with van der Waals surface area (Å²) >= 11 is 13.8. The number of aliphatic hydroxyl groups excluding tert-OH is 1. The minimum Gasteiger partial charge on any atom is -0.395 e. The van der Waals surface area contributed by atoms with Crippen LogP contribution in [0, 0.1) is 5.41 Å². The van der Waals surface area contributed by atoms with E-state index in [1.807, 2.05) is 6.07 Å². The van der Waals surface area contributed by atoms with Gasteiger partial charge in [-0.3, -0.25) is 14.2 Å². The summed E-state index contributed by atoms with van der Waals surface area (Å²) in [5.41, 5.74) is -0.202. The maximum Gasteiger partial charge on any atom is 0.261 e. The Hall–Kier alpha value is -3.05. The molecule has 12 heteroatoms. The van der Waals surface area contributed by atoms with Crippen molar-refractivity contribution in [2.75, 3.05) is 11.9 Å². The smallest absolute Gasteiger partial charge is 0.261 e. The summed E-state index contributed by atoms with van der Waals surface area (Å²) in [6, 6.07) is 8.47. The van der Waals surface area contributed by atoms with Gasteiger partial charge in [-0.2, -0.15) is 9.78 Å². The van der Waals surface area contributed by atoms with Gasteiger partial charge in [-0.15, -0.1) is 11.3 Å². The molecule has 0 fully saturated rings. The van der Waals surface area contributed by atoms with Gasteiger partial charge < -0.3 is 10.4 Å². The quantitative estimate of drug-likeness (QED) is 0.327. The average molecular weight is 533 g/mol. The number of rotatable bonds is 8. The minimum atomic E-state index is -1.08. The first-order valence-electron chi connectivity index (χ1n) is 10.6. The maximum absolute atomic E-state index is 13.4. The van der Waals surface area contributed by atoms with Crippen molar-refractivity contribution < 1.29 is 9.90 Å². The first-order valence-corrected chi connectivity index (χ1v) is 12.1. The van der Waals surface area contributed by atoms with Crippen molar-refractivity contribution in [2.24, 2.45) is 5.41 Å². The topological polar surface area (TPSA) is 115 Å². The summed E-state index contributed by atoms with van der Waals surface area (Å²) in [5.74, 6) is -0.0397. The molecule has 4 aromatic heterocycles. The molecule has 0 radical (unpaired) electrons. The van der Waals surface area contributed by atoms with Crippen molar-refractivity contribution in [1.29, 1.82) is 0 Å². The predicted molar refractivity (Wildman–Crippen MR) is 136 cm³/mol. The fraction of sp³-hybridized carbons (Fsp3) is 0.261. The number of aromatic nitrogens is 5. The SMILES string of the molecule is CC(C)(CO)C(=O)n1nc(-c2ccc(Cl)n(Cc3cncnc3)c2=O)cc1NCc1ccc(Cl)s1. The van der Waals surface area contributed by atoms with E-state index in [1.54, 1.807) is 50.5 Å². The third-order valence-corrected chi connectivity index (χ3v) is 6.86. The van der Waals surface area contributed by atoms with E-state index in [9.17, 15) is 14.7 Å². The van der Waals surface area contributed by atoms with Crippen LogP contribution in [0.25, 0.3) is 11.3 Å². The van der Waals surface area contributed by atoms with E-state index in [4.69, 9.17) is 23.2 Å². The number of halogens is 2. The summed E-state index contributed by atoms with van der Waals surface area (Å²) < 4.78 is 3.22. The Morgan fingerprint density at radius 3 is 2.57 bits per heavy atom. The van der Waals surface area contributed by atoms with Gasteiger partial charge in [-0.05, 0) is 38.1 Å². The van der Waals surface area contributed by atoms with Crippen LogP contribution in [0.15, 0.2) is 53.8 Å². The van der Waals surface area contributed by atoms with Gasteiger partial charge in [0, 0.05) is 28.9 Å². The van der Waals surface area contributed by atoms with E-state index in [0.717, 1.165) is 4.88 Å². The minimum absolute atomic E-state index is 0.174. The first kappa shape index (κ1) is 25.1. The number of hydrogen-bond acceptors (Lipinski definition) is 8. The highest BCUT2D eigenvalue weighted by molar-refractivity contribution is 7.16.